The van der Waals surface area contributed by atoms with Gasteiger partial charge in [-0.1, -0.05) is 19.6 Å². The number of hydrogen-bond donors (Lipinski definition) is 2. The summed E-state index contributed by atoms with van der Waals surface area (Å²) >= 11 is 0. The first-order valence-corrected chi connectivity index (χ1v) is 10.1. The van der Waals surface area contributed by atoms with Crippen molar-refractivity contribution in [2.75, 3.05) is 33.9 Å². The molecule has 1 unspecified atom stereocenters. The Morgan fingerprint density at radius 1 is 1.28 bits per heavy atom. The number of piperidine rings is 1. The van der Waals surface area contributed by atoms with Crippen LogP contribution in [0.3, 0.4) is 0 Å². The van der Waals surface area contributed by atoms with Gasteiger partial charge >= 0.3 is 0 Å². The monoisotopic (exact) mass is 397 g/mol. The Morgan fingerprint density at radius 2 is 2.00 bits per heavy atom. The summed E-state index contributed by atoms with van der Waals surface area (Å²) in [5.41, 5.74) is 1.43. The van der Waals surface area contributed by atoms with E-state index >= 15 is 0 Å². The molecule has 0 amide bonds. The van der Waals surface area contributed by atoms with Crippen molar-refractivity contribution >= 4 is 11.4 Å². The zero-order chi connectivity index (χ0) is 20.7. The lowest BCUT2D eigenvalue weighted by Crippen LogP contribution is -2.67. The summed E-state index contributed by atoms with van der Waals surface area (Å²) in [4.78, 5) is 15.7. The topological polar surface area (TPSA) is 79.2 Å². The number of phenols is 2. The number of ether oxygens (including phenoxy) is 2. The van der Waals surface area contributed by atoms with E-state index in [1.807, 2.05) is 6.08 Å². The van der Waals surface area contributed by atoms with Gasteiger partial charge in [0.15, 0.2) is 17.3 Å². The second-order valence-electron chi connectivity index (χ2n) is 8.84. The lowest BCUT2D eigenvalue weighted by Gasteiger charge is -2.60. The van der Waals surface area contributed by atoms with E-state index in [0.29, 0.717) is 13.2 Å². The fraction of sp³-hybridized carbons (Fsp3) is 0.522. The van der Waals surface area contributed by atoms with E-state index in [1.54, 1.807) is 32.4 Å². The molecule has 4 aliphatic rings. The number of likely N-dealkylation sites (N-methyl/N-ethyl adjacent to an activating group) is 1. The van der Waals surface area contributed by atoms with E-state index in [2.05, 4.69) is 18.4 Å². The predicted octanol–water partition coefficient (Wildman–Crippen LogP) is 2.32. The number of ketones is 1. The summed E-state index contributed by atoms with van der Waals surface area (Å²) in [6, 6.07) is 3.32. The number of carbonyl (C=O) groups excluding carboxylic acids is 1. The third kappa shape index (κ3) is 1.95. The van der Waals surface area contributed by atoms with Crippen LogP contribution in [0.25, 0.3) is 5.57 Å². The van der Waals surface area contributed by atoms with Crippen LogP contribution in [0.5, 0.6) is 11.5 Å². The molecule has 2 N–H and O–H groups in total. The van der Waals surface area contributed by atoms with E-state index in [0.717, 1.165) is 23.2 Å². The van der Waals surface area contributed by atoms with Crippen molar-refractivity contribution in [2.24, 2.45) is 16.7 Å². The van der Waals surface area contributed by atoms with Gasteiger partial charge in [-0.15, -0.1) is 0 Å². The van der Waals surface area contributed by atoms with E-state index in [9.17, 15) is 15.0 Å². The fourth-order valence-electron chi connectivity index (χ4n) is 7.05. The molecule has 0 aromatic heterocycles. The maximum atomic E-state index is 13.3. The zero-order valence-corrected chi connectivity index (χ0v) is 17.0. The van der Waals surface area contributed by atoms with Crippen LogP contribution in [0.2, 0.25) is 0 Å². The van der Waals surface area contributed by atoms with Crippen LogP contribution < -0.4 is 0 Å². The van der Waals surface area contributed by atoms with Crippen molar-refractivity contribution < 1.29 is 24.5 Å². The van der Waals surface area contributed by atoms with Gasteiger partial charge in [0, 0.05) is 44.1 Å². The number of methoxy groups -OCH3 is 2. The molecule has 6 heteroatoms. The average Bonchev–Trinajstić information content (AvgIpc) is 2.89. The summed E-state index contributed by atoms with van der Waals surface area (Å²) in [7, 11) is 3.33. The van der Waals surface area contributed by atoms with Gasteiger partial charge < -0.3 is 19.7 Å². The minimum atomic E-state index is -0.722. The van der Waals surface area contributed by atoms with Crippen molar-refractivity contribution in [3.63, 3.8) is 0 Å². The summed E-state index contributed by atoms with van der Waals surface area (Å²) in [5.74, 6) is -0.407. The number of carbonyl (C=O) groups is 1. The van der Waals surface area contributed by atoms with Gasteiger partial charge in [-0.3, -0.25) is 9.69 Å². The molecule has 154 valence electrons. The van der Waals surface area contributed by atoms with E-state index < -0.39 is 10.8 Å². The number of hydrogen-bond acceptors (Lipinski definition) is 6. The van der Waals surface area contributed by atoms with Gasteiger partial charge in [-0.25, -0.2) is 0 Å². The number of benzene rings is 1. The molecule has 1 aliphatic heterocycles. The predicted molar refractivity (Wildman–Crippen MR) is 108 cm³/mol. The second kappa shape index (κ2) is 5.94. The van der Waals surface area contributed by atoms with Crippen molar-refractivity contribution in [2.45, 2.75) is 25.0 Å². The zero-order valence-electron chi connectivity index (χ0n) is 17.0. The molecule has 3 aliphatic carbocycles. The smallest absolute Gasteiger partial charge is 0.165 e. The fourth-order valence-corrected chi connectivity index (χ4v) is 7.05. The molecule has 2 fully saturated rings. The van der Waals surface area contributed by atoms with Crippen molar-refractivity contribution in [3.05, 3.63) is 42.0 Å². The molecule has 29 heavy (non-hydrogen) atoms. The molecule has 5 rings (SSSR count). The second-order valence-corrected chi connectivity index (χ2v) is 8.84. The normalized spacial score (nSPS) is 39.7. The standard InChI is InChI=1S/C23H27NO5/c1-5-24-10-22(11-28-3)17(27)6-7-23-12(2)13-8-15(25)16(26)9-14(13)18(21(23)24)19(29-4)20(22)23/h6-9,18-21,25-26H,2,5,10-11H2,1,3-4H3/t18-,19-,20+,21?,22-,23+/m0/s1. The Bertz CT molecular complexity index is 955. The lowest BCUT2D eigenvalue weighted by atomic mass is 9.50. The molecule has 0 radical (unpaired) electrons. The first kappa shape index (κ1) is 18.9. The number of allylic oxidation sites excluding steroid dienone is 1. The van der Waals surface area contributed by atoms with Crippen LogP contribution in [0.15, 0.2) is 30.9 Å². The van der Waals surface area contributed by atoms with Crippen molar-refractivity contribution in [3.8, 4) is 11.5 Å². The molecule has 6 nitrogen and oxygen atoms in total. The number of fused-ring (bicyclic) bond motifs is 2. The van der Waals surface area contributed by atoms with Gasteiger partial charge in [0.05, 0.1) is 18.1 Å². The van der Waals surface area contributed by atoms with Crippen LogP contribution in [-0.4, -0.2) is 67.0 Å². The SMILES string of the molecule is C=C1c2cc(O)c(O)cc2[C@@H]2C3N(CC)C[C@]4(COC)C(=O)C=C[C@]13[C@@H]4[C@H]2OC. The molecule has 1 spiro atoms. The third-order valence-corrected chi connectivity index (χ3v) is 7.94. The first-order chi connectivity index (χ1) is 13.9. The van der Waals surface area contributed by atoms with Gasteiger partial charge in [-0.2, -0.15) is 0 Å². The number of phenolic OH excluding ortho intramolecular Hbond substituents is 2. The largest absolute Gasteiger partial charge is 0.504 e. The van der Waals surface area contributed by atoms with Gasteiger partial charge in [0.1, 0.15) is 0 Å². The summed E-state index contributed by atoms with van der Waals surface area (Å²) in [5, 5.41) is 20.4. The van der Waals surface area contributed by atoms with Crippen LogP contribution in [0, 0.1) is 16.7 Å². The maximum absolute atomic E-state index is 13.3. The quantitative estimate of drug-likeness (QED) is 0.759. The highest BCUT2D eigenvalue weighted by atomic mass is 16.5. The summed E-state index contributed by atoms with van der Waals surface area (Å²) in [6.45, 7) is 8.29. The Morgan fingerprint density at radius 3 is 2.66 bits per heavy atom. The van der Waals surface area contributed by atoms with E-state index in [1.165, 1.54) is 0 Å². The molecule has 1 saturated heterocycles. The van der Waals surface area contributed by atoms with Crippen LogP contribution in [0.1, 0.15) is 24.0 Å². The number of nitrogens with zero attached hydrogens (tertiary/aromatic N) is 1. The number of likely N-dealkylation sites (tertiary alicyclic amines) is 1. The lowest BCUT2D eigenvalue weighted by molar-refractivity contribution is -0.150. The minimum absolute atomic E-state index is 0.0498. The number of rotatable bonds is 4. The van der Waals surface area contributed by atoms with Crippen molar-refractivity contribution in [1.29, 1.82) is 0 Å². The number of aromatic hydroxyl groups is 2. The first-order valence-electron chi connectivity index (χ1n) is 10.1. The van der Waals surface area contributed by atoms with E-state index in [4.69, 9.17) is 9.47 Å². The summed E-state index contributed by atoms with van der Waals surface area (Å²) < 4.78 is 11.7. The van der Waals surface area contributed by atoms with E-state index in [-0.39, 0.29) is 41.3 Å². The van der Waals surface area contributed by atoms with Gasteiger partial charge in [-0.05, 0) is 41.5 Å². The van der Waals surface area contributed by atoms with Crippen LogP contribution in [0.4, 0.5) is 0 Å². The molecule has 6 atom stereocenters. The van der Waals surface area contributed by atoms with Gasteiger partial charge in [0.2, 0.25) is 0 Å². The Labute approximate surface area is 170 Å². The molecule has 1 aromatic carbocycles. The third-order valence-electron chi connectivity index (χ3n) is 7.94. The highest BCUT2D eigenvalue weighted by Crippen LogP contribution is 2.72. The highest BCUT2D eigenvalue weighted by Gasteiger charge is 2.76. The Kier molecular flexibility index (Phi) is 3.86. The molecule has 1 saturated carbocycles. The van der Waals surface area contributed by atoms with Gasteiger partial charge in [0.25, 0.3) is 0 Å². The minimum Gasteiger partial charge on any atom is -0.504 e. The molecular formula is C23H27NO5. The maximum Gasteiger partial charge on any atom is 0.165 e. The van der Waals surface area contributed by atoms with Crippen LogP contribution in [-0.2, 0) is 14.3 Å². The molecular weight excluding hydrogens is 370 g/mol. The molecule has 1 heterocycles. The summed E-state index contributed by atoms with van der Waals surface area (Å²) in [6.07, 6.45) is 3.50. The van der Waals surface area contributed by atoms with Crippen molar-refractivity contribution in [1.82, 2.24) is 4.90 Å². The Balaban J connectivity index is 1.86. The molecule has 5 bridgehead atoms. The average molecular weight is 397 g/mol. The highest BCUT2D eigenvalue weighted by molar-refractivity contribution is 5.99. The Hall–Kier alpha value is -2.15. The molecule has 1 aromatic rings. The van der Waals surface area contributed by atoms with Crippen LogP contribution >= 0.6 is 0 Å².